The van der Waals surface area contributed by atoms with Crippen LogP contribution < -0.4 is 5.73 Å². The number of methoxy groups -OCH3 is 1. The summed E-state index contributed by atoms with van der Waals surface area (Å²) in [6.07, 6.45) is 0.933. The van der Waals surface area contributed by atoms with Crippen molar-refractivity contribution in [2.75, 3.05) is 13.7 Å². The zero-order chi connectivity index (χ0) is 15.4. The molecule has 0 heterocycles. The first kappa shape index (κ1) is 14.8. The summed E-state index contributed by atoms with van der Waals surface area (Å²) >= 11 is 0. The number of benzene rings is 3. The van der Waals surface area contributed by atoms with Crippen molar-refractivity contribution < 1.29 is 4.74 Å². The normalized spacial score (nSPS) is 12.5. The van der Waals surface area contributed by atoms with Gasteiger partial charge in [-0.05, 0) is 39.9 Å². The molecule has 0 aliphatic heterocycles. The molecule has 0 spiro atoms. The summed E-state index contributed by atoms with van der Waals surface area (Å²) in [4.78, 5) is 0. The molecule has 0 radical (unpaired) electrons. The maximum atomic E-state index is 6.43. The van der Waals surface area contributed by atoms with Gasteiger partial charge in [-0.1, -0.05) is 60.7 Å². The highest BCUT2D eigenvalue weighted by molar-refractivity contribution is 5.83. The summed E-state index contributed by atoms with van der Waals surface area (Å²) in [5, 5.41) is 2.47. The first-order valence-corrected chi connectivity index (χ1v) is 7.60. The van der Waals surface area contributed by atoms with Gasteiger partial charge in [0.15, 0.2) is 0 Å². The van der Waals surface area contributed by atoms with Crippen molar-refractivity contribution in [3.63, 3.8) is 0 Å². The number of nitrogens with two attached hydrogens (primary N) is 1. The predicted octanol–water partition coefficient (Wildman–Crippen LogP) is 4.08. The van der Waals surface area contributed by atoms with Crippen LogP contribution in [0.15, 0.2) is 66.7 Å². The van der Waals surface area contributed by atoms with Crippen LogP contribution in [0, 0.1) is 0 Å². The number of fused-ring (bicyclic) bond motifs is 1. The Kier molecular flexibility index (Phi) is 4.52. The molecule has 22 heavy (non-hydrogen) atoms. The second kappa shape index (κ2) is 6.73. The first-order valence-electron chi connectivity index (χ1n) is 7.60. The van der Waals surface area contributed by atoms with Crippen molar-refractivity contribution in [1.29, 1.82) is 0 Å². The average Bonchev–Trinajstić information content (AvgIpc) is 2.59. The topological polar surface area (TPSA) is 35.2 Å². The molecule has 0 saturated heterocycles. The highest BCUT2D eigenvalue weighted by Crippen LogP contribution is 2.24. The molecular weight excluding hydrogens is 270 g/mol. The van der Waals surface area contributed by atoms with E-state index in [-0.39, 0.29) is 6.04 Å². The molecule has 2 heteroatoms. The maximum absolute atomic E-state index is 6.43. The standard InChI is InChI=1S/C20H21NO/c1-22-13-12-15-6-8-17(9-7-15)20(21)19-11-10-16-4-2-3-5-18(16)14-19/h2-11,14,20H,12-13,21H2,1H3. The monoisotopic (exact) mass is 291 g/mol. The maximum Gasteiger partial charge on any atom is 0.0551 e. The van der Waals surface area contributed by atoms with Crippen molar-refractivity contribution >= 4 is 10.8 Å². The molecule has 1 atom stereocenters. The molecular formula is C20H21NO. The van der Waals surface area contributed by atoms with Crippen molar-refractivity contribution in [2.24, 2.45) is 5.73 Å². The molecule has 1 unspecified atom stereocenters. The van der Waals surface area contributed by atoms with Crippen molar-refractivity contribution in [3.05, 3.63) is 83.4 Å². The fraction of sp³-hybridized carbons (Fsp3) is 0.200. The lowest BCUT2D eigenvalue weighted by molar-refractivity contribution is 0.202. The van der Waals surface area contributed by atoms with Crippen molar-refractivity contribution in [3.8, 4) is 0 Å². The molecule has 3 aromatic carbocycles. The summed E-state index contributed by atoms with van der Waals surface area (Å²) in [5.41, 5.74) is 9.98. The molecule has 0 aromatic heterocycles. The minimum Gasteiger partial charge on any atom is -0.384 e. The van der Waals surface area contributed by atoms with E-state index >= 15 is 0 Å². The lowest BCUT2D eigenvalue weighted by Crippen LogP contribution is -2.11. The van der Waals surface area contributed by atoms with Gasteiger partial charge < -0.3 is 10.5 Å². The van der Waals surface area contributed by atoms with Crippen LogP contribution in [0.2, 0.25) is 0 Å². The van der Waals surface area contributed by atoms with E-state index in [0.29, 0.717) is 0 Å². The fourth-order valence-corrected chi connectivity index (χ4v) is 2.71. The molecule has 3 aromatic rings. The van der Waals surface area contributed by atoms with Crippen LogP contribution in [-0.2, 0) is 11.2 Å². The predicted molar refractivity (Wildman–Crippen MR) is 92.0 cm³/mol. The van der Waals surface area contributed by atoms with Gasteiger partial charge in [-0.2, -0.15) is 0 Å². The molecule has 0 aliphatic carbocycles. The van der Waals surface area contributed by atoms with Gasteiger partial charge in [0.05, 0.1) is 12.6 Å². The molecule has 0 bridgehead atoms. The highest BCUT2D eigenvalue weighted by Gasteiger charge is 2.09. The Labute approximate surface area is 131 Å². The van der Waals surface area contributed by atoms with Gasteiger partial charge >= 0.3 is 0 Å². The Bertz CT molecular complexity index is 749. The van der Waals surface area contributed by atoms with E-state index in [1.54, 1.807) is 7.11 Å². The van der Waals surface area contributed by atoms with Gasteiger partial charge in [0.2, 0.25) is 0 Å². The Morgan fingerprint density at radius 1 is 0.864 bits per heavy atom. The van der Waals surface area contributed by atoms with Crippen LogP contribution in [0.5, 0.6) is 0 Å². The second-order valence-corrected chi connectivity index (χ2v) is 5.57. The van der Waals surface area contributed by atoms with E-state index in [4.69, 9.17) is 10.5 Å². The average molecular weight is 291 g/mol. The van der Waals surface area contributed by atoms with Crippen molar-refractivity contribution in [1.82, 2.24) is 0 Å². The van der Waals surface area contributed by atoms with E-state index in [9.17, 15) is 0 Å². The summed E-state index contributed by atoms with van der Waals surface area (Å²) in [5.74, 6) is 0. The number of hydrogen-bond acceptors (Lipinski definition) is 2. The van der Waals surface area contributed by atoms with Gasteiger partial charge in [-0.15, -0.1) is 0 Å². The third-order valence-electron chi connectivity index (χ3n) is 4.07. The van der Waals surface area contributed by atoms with E-state index in [2.05, 4.69) is 66.7 Å². The second-order valence-electron chi connectivity index (χ2n) is 5.57. The smallest absolute Gasteiger partial charge is 0.0551 e. The molecule has 0 saturated carbocycles. The van der Waals surface area contributed by atoms with Crippen LogP contribution in [0.25, 0.3) is 10.8 Å². The molecule has 112 valence electrons. The summed E-state index contributed by atoms with van der Waals surface area (Å²) in [6, 6.07) is 23.2. The first-order chi connectivity index (χ1) is 10.8. The van der Waals surface area contributed by atoms with E-state index in [1.165, 1.54) is 16.3 Å². The minimum absolute atomic E-state index is 0.0962. The minimum atomic E-state index is -0.0962. The van der Waals surface area contributed by atoms with E-state index < -0.39 is 0 Å². The number of rotatable bonds is 5. The summed E-state index contributed by atoms with van der Waals surface area (Å²) in [7, 11) is 1.73. The number of hydrogen-bond donors (Lipinski definition) is 1. The molecule has 0 fully saturated rings. The van der Waals surface area contributed by atoms with Crippen LogP contribution >= 0.6 is 0 Å². The Morgan fingerprint density at radius 3 is 2.27 bits per heavy atom. The van der Waals surface area contributed by atoms with E-state index in [0.717, 1.165) is 24.2 Å². The Balaban J connectivity index is 1.83. The SMILES string of the molecule is COCCc1ccc(C(N)c2ccc3ccccc3c2)cc1. The van der Waals surface area contributed by atoms with Gasteiger partial charge in [0.25, 0.3) is 0 Å². The molecule has 0 amide bonds. The van der Waals surface area contributed by atoms with Crippen LogP contribution in [0.4, 0.5) is 0 Å². The zero-order valence-electron chi connectivity index (χ0n) is 12.8. The Morgan fingerprint density at radius 2 is 1.55 bits per heavy atom. The molecule has 0 aliphatic rings. The van der Waals surface area contributed by atoms with Crippen LogP contribution in [-0.4, -0.2) is 13.7 Å². The third kappa shape index (κ3) is 3.19. The van der Waals surface area contributed by atoms with Gasteiger partial charge in [0, 0.05) is 7.11 Å². The Hall–Kier alpha value is -2.16. The van der Waals surface area contributed by atoms with Gasteiger partial charge in [0.1, 0.15) is 0 Å². The molecule has 3 rings (SSSR count). The zero-order valence-corrected chi connectivity index (χ0v) is 12.8. The number of ether oxygens (including phenoxy) is 1. The quantitative estimate of drug-likeness (QED) is 0.769. The van der Waals surface area contributed by atoms with Gasteiger partial charge in [-0.25, -0.2) is 0 Å². The summed E-state index contributed by atoms with van der Waals surface area (Å²) < 4.78 is 5.11. The molecule has 2 nitrogen and oxygen atoms in total. The lowest BCUT2D eigenvalue weighted by Gasteiger charge is -2.14. The van der Waals surface area contributed by atoms with Gasteiger partial charge in [-0.3, -0.25) is 0 Å². The highest BCUT2D eigenvalue weighted by atomic mass is 16.5. The van der Waals surface area contributed by atoms with Crippen molar-refractivity contribution in [2.45, 2.75) is 12.5 Å². The summed E-state index contributed by atoms with van der Waals surface area (Å²) in [6.45, 7) is 0.746. The van der Waals surface area contributed by atoms with Crippen LogP contribution in [0.1, 0.15) is 22.7 Å². The largest absolute Gasteiger partial charge is 0.384 e. The van der Waals surface area contributed by atoms with Crippen LogP contribution in [0.3, 0.4) is 0 Å². The fourth-order valence-electron chi connectivity index (χ4n) is 2.71. The van der Waals surface area contributed by atoms with E-state index in [1.807, 2.05) is 0 Å². The third-order valence-corrected chi connectivity index (χ3v) is 4.07. The molecule has 2 N–H and O–H groups in total. The lowest BCUT2D eigenvalue weighted by atomic mass is 9.96.